The second-order valence-electron chi connectivity index (χ2n) is 5.56. The summed E-state index contributed by atoms with van der Waals surface area (Å²) in [6.45, 7) is 3.51. The van der Waals surface area contributed by atoms with Crippen molar-refractivity contribution in [1.82, 2.24) is 15.5 Å². The lowest BCUT2D eigenvalue weighted by Crippen LogP contribution is -2.57. The summed E-state index contributed by atoms with van der Waals surface area (Å²) < 4.78 is 10.2. The van der Waals surface area contributed by atoms with Gasteiger partial charge in [0.1, 0.15) is 11.8 Å². The second-order valence-corrected chi connectivity index (χ2v) is 5.56. The van der Waals surface area contributed by atoms with Gasteiger partial charge in [-0.15, -0.1) is 0 Å². The number of esters is 1. The van der Waals surface area contributed by atoms with E-state index in [0.717, 1.165) is 6.42 Å². The van der Waals surface area contributed by atoms with E-state index in [1.165, 1.54) is 6.26 Å². The summed E-state index contributed by atoms with van der Waals surface area (Å²) in [6, 6.07) is 2.83. The van der Waals surface area contributed by atoms with Gasteiger partial charge >= 0.3 is 5.97 Å². The van der Waals surface area contributed by atoms with Crippen molar-refractivity contribution in [2.75, 3.05) is 26.2 Å². The summed E-state index contributed by atoms with van der Waals surface area (Å²) in [5.74, 6) is -0.263. The van der Waals surface area contributed by atoms with Crippen LogP contribution in [0.2, 0.25) is 0 Å². The molecule has 132 valence electrons. The molecular formula is C16H23N3O5. The highest BCUT2D eigenvalue weighted by Crippen LogP contribution is 2.10. The number of furan rings is 1. The van der Waals surface area contributed by atoms with Gasteiger partial charge in [-0.3, -0.25) is 19.3 Å². The van der Waals surface area contributed by atoms with Crippen molar-refractivity contribution < 1.29 is 23.5 Å². The number of nitrogens with one attached hydrogen (secondary N) is 2. The number of carbonyl (C=O) groups excluding carboxylic acids is 3. The zero-order valence-electron chi connectivity index (χ0n) is 13.7. The molecule has 8 nitrogen and oxygen atoms in total. The fourth-order valence-corrected chi connectivity index (χ4v) is 2.45. The van der Waals surface area contributed by atoms with Crippen LogP contribution in [0.25, 0.3) is 0 Å². The fraction of sp³-hybridized carbons (Fsp3) is 0.562. The maximum Gasteiger partial charge on any atom is 0.307 e. The molecule has 2 heterocycles. The standard InChI is InChI=1S/C16H23N3O5/c1-2-7-24-15(21)9-13-16(22)17-5-6-19(13)11-14(20)18-10-12-4-3-8-23-12/h3-4,8,13H,2,5-7,9-11H2,1H3,(H,17,22)(H,18,20). The molecule has 2 amide bonds. The highest BCUT2D eigenvalue weighted by Gasteiger charge is 2.33. The number of amides is 2. The van der Waals surface area contributed by atoms with Gasteiger partial charge in [0.25, 0.3) is 0 Å². The highest BCUT2D eigenvalue weighted by atomic mass is 16.5. The van der Waals surface area contributed by atoms with Crippen LogP contribution in [0.1, 0.15) is 25.5 Å². The third-order valence-electron chi connectivity index (χ3n) is 3.66. The molecule has 0 aliphatic carbocycles. The molecule has 0 saturated carbocycles. The van der Waals surface area contributed by atoms with Gasteiger partial charge in [-0.25, -0.2) is 0 Å². The van der Waals surface area contributed by atoms with Gasteiger partial charge in [0.15, 0.2) is 0 Å². The van der Waals surface area contributed by atoms with Crippen LogP contribution >= 0.6 is 0 Å². The minimum absolute atomic E-state index is 0.0415. The highest BCUT2D eigenvalue weighted by molar-refractivity contribution is 5.88. The number of piperazine rings is 1. The van der Waals surface area contributed by atoms with Gasteiger partial charge in [-0.1, -0.05) is 6.92 Å². The molecule has 1 unspecified atom stereocenters. The molecule has 0 bridgehead atoms. The number of carbonyl (C=O) groups is 3. The molecule has 0 aromatic carbocycles. The zero-order chi connectivity index (χ0) is 17.4. The van der Waals surface area contributed by atoms with E-state index < -0.39 is 12.0 Å². The van der Waals surface area contributed by atoms with E-state index in [9.17, 15) is 14.4 Å². The minimum atomic E-state index is -0.683. The van der Waals surface area contributed by atoms with E-state index in [1.54, 1.807) is 17.0 Å². The average molecular weight is 337 g/mol. The first kappa shape index (κ1) is 18.0. The summed E-state index contributed by atoms with van der Waals surface area (Å²) in [7, 11) is 0. The normalized spacial score (nSPS) is 18.0. The van der Waals surface area contributed by atoms with E-state index in [4.69, 9.17) is 9.15 Å². The van der Waals surface area contributed by atoms with Crippen molar-refractivity contribution in [3.8, 4) is 0 Å². The molecule has 1 aliphatic heterocycles. The molecule has 2 N–H and O–H groups in total. The number of rotatable bonds is 8. The van der Waals surface area contributed by atoms with Gasteiger partial charge in [0.2, 0.25) is 11.8 Å². The first-order valence-corrected chi connectivity index (χ1v) is 8.06. The molecular weight excluding hydrogens is 314 g/mol. The molecule has 1 aromatic heterocycles. The summed E-state index contributed by atoms with van der Waals surface area (Å²) in [6.07, 6.45) is 2.20. The van der Waals surface area contributed by atoms with Crippen molar-refractivity contribution in [3.05, 3.63) is 24.2 Å². The number of ether oxygens (including phenoxy) is 1. The first-order valence-electron chi connectivity index (χ1n) is 8.06. The Hall–Kier alpha value is -2.35. The second kappa shape index (κ2) is 9.07. The van der Waals surface area contributed by atoms with E-state index in [-0.39, 0.29) is 31.3 Å². The fourth-order valence-electron chi connectivity index (χ4n) is 2.45. The smallest absolute Gasteiger partial charge is 0.307 e. The van der Waals surface area contributed by atoms with E-state index in [0.29, 0.717) is 25.5 Å². The number of hydrogen-bond acceptors (Lipinski definition) is 6. The Labute approximate surface area is 140 Å². The van der Waals surface area contributed by atoms with Crippen molar-refractivity contribution in [1.29, 1.82) is 0 Å². The number of nitrogens with zero attached hydrogens (tertiary/aromatic N) is 1. The van der Waals surface area contributed by atoms with Crippen molar-refractivity contribution in [2.24, 2.45) is 0 Å². The van der Waals surface area contributed by atoms with Crippen LogP contribution in [0.4, 0.5) is 0 Å². The summed E-state index contributed by atoms with van der Waals surface area (Å²) in [5.41, 5.74) is 0. The molecule has 1 aromatic rings. The van der Waals surface area contributed by atoms with Gasteiger partial charge in [-0.2, -0.15) is 0 Å². The molecule has 0 spiro atoms. The maximum atomic E-state index is 12.1. The summed E-state index contributed by atoms with van der Waals surface area (Å²) >= 11 is 0. The Morgan fingerprint density at radius 2 is 2.33 bits per heavy atom. The van der Waals surface area contributed by atoms with Crippen LogP contribution in [0, 0.1) is 0 Å². The van der Waals surface area contributed by atoms with Crippen LogP contribution in [-0.2, 0) is 25.7 Å². The predicted molar refractivity (Wildman–Crippen MR) is 84.8 cm³/mol. The van der Waals surface area contributed by atoms with Crippen LogP contribution in [0.3, 0.4) is 0 Å². The Morgan fingerprint density at radius 1 is 1.50 bits per heavy atom. The molecule has 1 aliphatic rings. The maximum absolute atomic E-state index is 12.1. The monoisotopic (exact) mass is 337 g/mol. The van der Waals surface area contributed by atoms with E-state index in [1.807, 2.05) is 6.92 Å². The van der Waals surface area contributed by atoms with Crippen LogP contribution in [0.5, 0.6) is 0 Å². The molecule has 1 atom stereocenters. The molecule has 8 heteroatoms. The van der Waals surface area contributed by atoms with Crippen molar-refractivity contribution in [2.45, 2.75) is 32.4 Å². The van der Waals surface area contributed by atoms with Crippen molar-refractivity contribution in [3.63, 3.8) is 0 Å². The topological polar surface area (TPSA) is 101 Å². The average Bonchev–Trinajstić information content (AvgIpc) is 3.08. The molecule has 2 rings (SSSR count). The van der Waals surface area contributed by atoms with Gasteiger partial charge in [0, 0.05) is 13.1 Å². The largest absolute Gasteiger partial charge is 0.467 e. The predicted octanol–water partition coefficient (Wildman–Crippen LogP) is 0.0395. The van der Waals surface area contributed by atoms with Gasteiger partial charge < -0.3 is 19.8 Å². The lowest BCUT2D eigenvalue weighted by atomic mass is 10.1. The third kappa shape index (κ3) is 5.38. The summed E-state index contributed by atoms with van der Waals surface area (Å²) in [5, 5.41) is 5.45. The van der Waals surface area contributed by atoms with Crippen LogP contribution < -0.4 is 10.6 Å². The molecule has 1 fully saturated rings. The summed E-state index contributed by atoms with van der Waals surface area (Å²) in [4.78, 5) is 37.6. The van der Waals surface area contributed by atoms with Crippen molar-refractivity contribution >= 4 is 17.8 Å². The number of hydrogen-bond donors (Lipinski definition) is 2. The van der Waals surface area contributed by atoms with Gasteiger partial charge in [-0.05, 0) is 18.6 Å². The SMILES string of the molecule is CCCOC(=O)CC1C(=O)NCCN1CC(=O)NCc1ccco1. The Morgan fingerprint density at radius 3 is 3.04 bits per heavy atom. The van der Waals surface area contributed by atoms with E-state index >= 15 is 0 Å². The van der Waals surface area contributed by atoms with Crippen LogP contribution in [-0.4, -0.2) is 55.0 Å². The molecule has 24 heavy (non-hydrogen) atoms. The quantitative estimate of drug-likeness (QED) is 0.650. The Kier molecular flexibility index (Phi) is 6.80. The lowest BCUT2D eigenvalue weighted by molar-refractivity contribution is -0.149. The zero-order valence-corrected chi connectivity index (χ0v) is 13.7. The Bertz CT molecular complexity index is 558. The molecule has 0 radical (unpaired) electrons. The van der Waals surface area contributed by atoms with E-state index in [2.05, 4.69) is 10.6 Å². The first-order chi connectivity index (χ1) is 11.6. The lowest BCUT2D eigenvalue weighted by Gasteiger charge is -2.33. The molecule has 1 saturated heterocycles. The Balaban J connectivity index is 1.86. The van der Waals surface area contributed by atoms with Gasteiger partial charge in [0.05, 0.1) is 32.4 Å². The third-order valence-corrected chi connectivity index (χ3v) is 3.66. The minimum Gasteiger partial charge on any atom is -0.467 e. The van der Waals surface area contributed by atoms with Crippen LogP contribution in [0.15, 0.2) is 22.8 Å².